The predicted molar refractivity (Wildman–Crippen MR) is 139 cm³/mol. The lowest BCUT2D eigenvalue weighted by Crippen LogP contribution is -2.18. The monoisotopic (exact) mass is 495 g/mol. The molecule has 2 heterocycles. The zero-order valence-corrected chi connectivity index (χ0v) is 21.7. The van der Waals surface area contributed by atoms with Crippen molar-refractivity contribution in [3.8, 4) is 5.75 Å². The van der Waals surface area contributed by atoms with E-state index in [4.69, 9.17) is 9.15 Å². The van der Waals surface area contributed by atoms with E-state index in [0.29, 0.717) is 16.8 Å². The van der Waals surface area contributed by atoms with Gasteiger partial charge in [0.15, 0.2) is 5.13 Å². The van der Waals surface area contributed by atoms with Crippen LogP contribution in [0.2, 0.25) is 0 Å². The predicted octanol–water partition coefficient (Wildman–Crippen LogP) is 6.92. The number of anilines is 1. The zero-order valence-electron chi connectivity index (χ0n) is 20.0. The molecule has 1 amide bonds. The lowest BCUT2D eigenvalue weighted by atomic mass is 9.91. The molecule has 4 rings (SSSR count). The van der Waals surface area contributed by atoms with Gasteiger partial charge in [0.2, 0.25) is 11.8 Å². The molecule has 178 valence electrons. The van der Waals surface area contributed by atoms with E-state index in [0.717, 1.165) is 38.5 Å². The number of hydrogen-bond acceptors (Lipinski definition) is 7. The quantitative estimate of drug-likeness (QED) is 0.267. The smallest absolute Gasteiger partial charge is 0.233 e. The Hall–Kier alpha value is -2.84. The largest absolute Gasteiger partial charge is 0.497 e. The van der Waals surface area contributed by atoms with Crippen LogP contribution in [-0.4, -0.2) is 23.0 Å². The van der Waals surface area contributed by atoms with Crippen molar-refractivity contribution >= 4 is 44.9 Å². The van der Waals surface area contributed by atoms with Gasteiger partial charge in [-0.05, 0) is 40.8 Å². The minimum absolute atomic E-state index is 0.0849. The zero-order chi connectivity index (χ0) is 24.3. The second-order valence-corrected chi connectivity index (χ2v) is 11.7. The number of nitrogens with zero attached hydrogens (tertiary/aromatic N) is 2. The van der Waals surface area contributed by atoms with Crippen LogP contribution in [0.4, 0.5) is 5.13 Å². The number of thioether (sulfide) groups is 1. The third-order valence-electron chi connectivity index (χ3n) is 5.32. The molecule has 1 N–H and O–H groups in total. The first-order chi connectivity index (χ1) is 16.2. The molecular formula is C26H29N3O3S2. The summed E-state index contributed by atoms with van der Waals surface area (Å²) in [5.41, 5.74) is 1.11. The number of methoxy groups -OCH3 is 1. The number of carbonyl (C=O) groups excluding carboxylic acids is 1. The Morgan fingerprint density at radius 2 is 1.91 bits per heavy atom. The van der Waals surface area contributed by atoms with Crippen molar-refractivity contribution in [3.05, 3.63) is 66.0 Å². The molecule has 0 spiro atoms. The Labute approximate surface area is 208 Å². The molecule has 0 radical (unpaired) electrons. The fourth-order valence-electron chi connectivity index (χ4n) is 3.54. The normalized spacial score (nSPS) is 12.6. The Balaban J connectivity index is 1.34. The summed E-state index contributed by atoms with van der Waals surface area (Å²) in [6.07, 6.45) is 4.44. The minimum Gasteiger partial charge on any atom is -0.497 e. The van der Waals surface area contributed by atoms with Crippen molar-refractivity contribution in [1.82, 2.24) is 9.97 Å². The maximum atomic E-state index is 12.9. The topological polar surface area (TPSA) is 77.2 Å². The fourth-order valence-corrected chi connectivity index (χ4v) is 5.27. The molecule has 1 unspecified atom stereocenters. The number of nitrogens with one attached hydrogen (secondary N) is 1. The lowest BCUT2D eigenvalue weighted by Gasteiger charge is -2.15. The summed E-state index contributed by atoms with van der Waals surface area (Å²) >= 11 is 3.05. The third-order valence-corrected chi connectivity index (χ3v) is 7.42. The van der Waals surface area contributed by atoms with Crippen LogP contribution in [0, 0.1) is 5.41 Å². The van der Waals surface area contributed by atoms with E-state index in [2.05, 4.69) is 36.1 Å². The van der Waals surface area contributed by atoms with Crippen LogP contribution in [-0.2, 0) is 17.0 Å². The van der Waals surface area contributed by atoms with Crippen LogP contribution in [0.3, 0.4) is 0 Å². The SMILES string of the molecule is COc1ccc2cc(C(C)C(=O)Nc3ncc(SCc4ncc(CC(C)(C)C)o4)s3)ccc2c1. The third kappa shape index (κ3) is 6.18. The number of oxazole rings is 1. The highest BCUT2D eigenvalue weighted by atomic mass is 32.2. The summed E-state index contributed by atoms with van der Waals surface area (Å²) in [5, 5.41) is 5.69. The number of carbonyl (C=O) groups is 1. The van der Waals surface area contributed by atoms with Crippen molar-refractivity contribution in [2.24, 2.45) is 5.41 Å². The van der Waals surface area contributed by atoms with Crippen LogP contribution in [0.15, 0.2) is 57.4 Å². The average molecular weight is 496 g/mol. The van der Waals surface area contributed by atoms with E-state index < -0.39 is 0 Å². The van der Waals surface area contributed by atoms with Crippen LogP contribution >= 0.6 is 23.1 Å². The van der Waals surface area contributed by atoms with Gasteiger partial charge in [0.1, 0.15) is 11.5 Å². The van der Waals surface area contributed by atoms with Gasteiger partial charge in [-0.3, -0.25) is 4.79 Å². The van der Waals surface area contributed by atoms with Crippen LogP contribution in [0.5, 0.6) is 5.75 Å². The van der Waals surface area contributed by atoms with Gasteiger partial charge >= 0.3 is 0 Å². The van der Waals surface area contributed by atoms with Gasteiger partial charge in [0.25, 0.3) is 0 Å². The average Bonchev–Trinajstić information content (AvgIpc) is 3.44. The molecule has 0 aliphatic rings. The minimum atomic E-state index is -0.305. The molecule has 2 aromatic carbocycles. The molecule has 0 fully saturated rings. The van der Waals surface area contributed by atoms with E-state index in [9.17, 15) is 4.79 Å². The van der Waals surface area contributed by atoms with Gasteiger partial charge in [-0.15, -0.1) is 11.8 Å². The van der Waals surface area contributed by atoms with E-state index >= 15 is 0 Å². The number of ether oxygens (including phenoxy) is 1. The van der Waals surface area contributed by atoms with Gasteiger partial charge in [0, 0.05) is 6.42 Å². The van der Waals surface area contributed by atoms with Crippen LogP contribution in [0.25, 0.3) is 10.8 Å². The van der Waals surface area contributed by atoms with Crippen molar-refractivity contribution in [2.45, 2.75) is 50.0 Å². The van der Waals surface area contributed by atoms with Crippen molar-refractivity contribution in [3.63, 3.8) is 0 Å². The number of fused-ring (bicyclic) bond motifs is 1. The van der Waals surface area contributed by atoms with Gasteiger partial charge in [-0.1, -0.05) is 56.4 Å². The molecule has 0 saturated carbocycles. The molecule has 0 aliphatic heterocycles. The first-order valence-corrected chi connectivity index (χ1v) is 12.9. The highest BCUT2D eigenvalue weighted by molar-refractivity contribution is 8.00. The van der Waals surface area contributed by atoms with Crippen molar-refractivity contribution < 1.29 is 13.9 Å². The summed E-state index contributed by atoms with van der Waals surface area (Å²) in [5.74, 6) is 2.65. The maximum absolute atomic E-state index is 12.9. The summed E-state index contributed by atoms with van der Waals surface area (Å²) in [7, 11) is 1.66. The summed E-state index contributed by atoms with van der Waals surface area (Å²) < 4.78 is 12.1. The molecule has 1 atom stereocenters. The van der Waals surface area contributed by atoms with E-state index in [1.54, 1.807) is 25.1 Å². The first-order valence-electron chi connectivity index (χ1n) is 11.1. The Kier molecular flexibility index (Phi) is 7.28. The number of hydrogen-bond donors (Lipinski definition) is 1. The van der Waals surface area contributed by atoms with E-state index in [1.165, 1.54) is 11.3 Å². The van der Waals surface area contributed by atoms with Crippen LogP contribution in [0.1, 0.15) is 50.8 Å². The standard InChI is InChI=1S/C26H29N3O3S2/c1-16(17-6-7-19-11-20(31-5)9-8-18(19)10-17)24(30)29-25-28-14-23(34-25)33-15-22-27-13-21(32-22)12-26(2,3)4/h6-11,13-14,16H,12,15H2,1-5H3,(H,28,29,30). The summed E-state index contributed by atoms with van der Waals surface area (Å²) in [4.78, 5) is 21.6. The molecular weight excluding hydrogens is 466 g/mol. The number of benzene rings is 2. The fraction of sp³-hybridized carbons (Fsp3) is 0.346. The molecule has 8 heteroatoms. The molecule has 6 nitrogen and oxygen atoms in total. The molecule has 34 heavy (non-hydrogen) atoms. The van der Waals surface area contributed by atoms with E-state index in [-0.39, 0.29) is 17.2 Å². The Morgan fingerprint density at radius 1 is 1.15 bits per heavy atom. The van der Waals surface area contributed by atoms with Gasteiger partial charge in [-0.25, -0.2) is 9.97 Å². The Bertz CT molecular complexity index is 1290. The summed E-state index contributed by atoms with van der Waals surface area (Å²) in [6.45, 7) is 8.43. The molecule has 0 aliphatic carbocycles. The van der Waals surface area contributed by atoms with Gasteiger partial charge in [0.05, 0.1) is 35.4 Å². The number of amides is 1. The second kappa shape index (κ2) is 10.2. The molecule has 0 bridgehead atoms. The first kappa shape index (κ1) is 24.3. The van der Waals surface area contributed by atoms with Gasteiger partial charge < -0.3 is 14.5 Å². The molecule has 4 aromatic rings. The second-order valence-electron chi connectivity index (χ2n) is 9.41. The van der Waals surface area contributed by atoms with E-state index in [1.807, 2.05) is 49.5 Å². The number of thiazole rings is 1. The highest BCUT2D eigenvalue weighted by Crippen LogP contribution is 2.32. The maximum Gasteiger partial charge on any atom is 0.233 e. The lowest BCUT2D eigenvalue weighted by molar-refractivity contribution is -0.117. The van der Waals surface area contributed by atoms with Crippen LogP contribution < -0.4 is 10.1 Å². The molecule has 2 aromatic heterocycles. The molecule has 0 saturated heterocycles. The summed E-state index contributed by atoms with van der Waals surface area (Å²) in [6, 6.07) is 12.0. The van der Waals surface area contributed by atoms with Crippen molar-refractivity contribution in [1.29, 1.82) is 0 Å². The van der Waals surface area contributed by atoms with Gasteiger partial charge in [-0.2, -0.15) is 0 Å². The number of rotatable bonds is 8. The van der Waals surface area contributed by atoms with Crippen molar-refractivity contribution in [2.75, 3.05) is 12.4 Å². The highest BCUT2D eigenvalue weighted by Gasteiger charge is 2.18. The Morgan fingerprint density at radius 3 is 2.68 bits per heavy atom. The number of aromatic nitrogens is 2.